The van der Waals surface area contributed by atoms with Gasteiger partial charge in [-0.1, -0.05) is 20.8 Å². The molecule has 0 amide bonds. The molecule has 0 aromatic carbocycles. The summed E-state index contributed by atoms with van der Waals surface area (Å²) in [6.07, 6.45) is 2.62. The van der Waals surface area contributed by atoms with Gasteiger partial charge in [-0.05, 0) is 24.2 Å². The summed E-state index contributed by atoms with van der Waals surface area (Å²) in [4.78, 5) is 0. The standard InChI is InChI=1S/C9H18N/c1-8-6-9(2,3)4-5-10-7-8/h8H,4-7H2,1-3H3. The molecular weight excluding hydrogens is 122 g/mol. The molecule has 1 aliphatic heterocycles. The van der Waals surface area contributed by atoms with E-state index in [1.54, 1.807) is 0 Å². The highest BCUT2D eigenvalue weighted by molar-refractivity contribution is 4.77. The zero-order valence-corrected chi connectivity index (χ0v) is 7.35. The maximum absolute atomic E-state index is 4.45. The average molecular weight is 140 g/mol. The molecule has 0 N–H and O–H groups in total. The lowest BCUT2D eigenvalue weighted by atomic mass is 9.82. The second kappa shape index (κ2) is 2.91. The van der Waals surface area contributed by atoms with Gasteiger partial charge >= 0.3 is 0 Å². The van der Waals surface area contributed by atoms with Crippen molar-refractivity contribution in [2.24, 2.45) is 11.3 Å². The molecule has 1 nitrogen and oxygen atoms in total. The molecule has 1 atom stereocenters. The lowest BCUT2D eigenvalue weighted by Crippen LogP contribution is -2.14. The van der Waals surface area contributed by atoms with Gasteiger partial charge in [0.2, 0.25) is 0 Å². The Hall–Kier alpha value is -0.0400. The summed E-state index contributed by atoms with van der Waals surface area (Å²) >= 11 is 0. The van der Waals surface area contributed by atoms with Crippen LogP contribution in [0.5, 0.6) is 0 Å². The van der Waals surface area contributed by atoms with Crippen LogP contribution in [0, 0.1) is 11.3 Å². The maximum Gasteiger partial charge on any atom is 0.0159 e. The van der Waals surface area contributed by atoms with Crippen LogP contribution in [0.4, 0.5) is 0 Å². The second-order valence-electron chi connectivity index (χ2n) is 4.35. The van der Waals surface area contributed by atoms with Crippen molar-refractivity contribution in [2.45, 2.75) is 33.6 Å². The first-order chi connectivity index (χ1) is 4.60. The molecule has 59 valence electrons. The first-order valence-electron chi connectivity index (χ1n) is 4.23. The molecule has 1 rings (SSSR count). The van der Waals surface area contributed by atoms with Crippen LogP contribution in [-0.4, -0.2) is 13.1 Å². The van der Waals surface area contributed by atoms with Crippen LogP contribution in [-0.2, 0) is 0 Å². The molecule has 1 saturated heterocycles. The summed E-state index contributed by atoms with van der Waals surface area (Å²) in [6, 6.07) is 0. The van der Waals surface area contributed by atoms with E-state index in [0.29, 0.717) is 5.41 Å². The van der Waals surface area contributed by atoms with Crippen LogP contribution in [0.15, 0.2) is 0 Å². The summed E-state index contributed by atoms with van der Waals surface area (Å²) in [5, 5.41) is 4.45. The van der Waals surface area contributed by atoms with Gasteiger partial charge in [0.05, 0.1) is 0 Å². The van der Waals surface area contributed by atoms with E-state index < -0.39 is 0 Å². The van der Waals surface area contributed by atoms with Crippen molar-refractivity contribution in [1.82, 2.24) is 5.32 Å². The van der Waals surface area contributed by atoms with Crippen molar-refractivity contribution in [1.29, 1.82) is 0 Å². The zero-order valence-electron chi connectivity index (χ0n) is 7.35. The van der Waals surface area contributed by atoms with Gasteiger partial charge in [-0.3, -0.25) is 0 Å². The van der Waals surface area contributed by atoms with Crippen LogP contribution in [0.2, 0.25) is 0 Å². The van der Waals surface area contributed by atoms with E-state index in [4.69, 9.17) is 0 Å². The Bertz CT molecular complexity index is 107. The summed E-state index contributed by atoms with van der Waals surface area (Å²) in [7, 11) is 0. The minimum Gasteiger partial charge on any atom is -0.241 e. The van der Waals surface area contributed by atoms with Crippen molar-refractivity contribution >= 4 is 0 Å². The Balaban J connectivity index is 2.46. The van der Waals surface area contributed by atoms with E-state index >= 15 is 0 Å². The summed E-state index contributed by atoms with van der Waals surface area (Å²) in [5.74, 6) is 0.803. The quantitative estimate of drug-likeness (QED) is 0.489. The predicted molar refractivity (Wildman–Crippen MR) is 44.0 cm³/mol. The molecule has 1 heterocycles. The molecule has 0 spiro atoms. The van der Waals surface area contributed by atoms with Gasteiger partial charge in [0.15, 0.2) is 0 Å². The molecule has 1 fully saturated rings. The summed E-state index contributed by atoms with van der Waals surface area (Å²) in [5.41, 5.74) is 0.541. The van der Waals surface area contributed by atoms with Crippen LogP contribution in [0.25, 0.3) is 0 Å². The van der Waals surface area contributed by atoms with E-state index in [1.165, 1.54) is 12.8 Å². The monoisotopic (exact) mass is 140 g/mol. The Labute approximate surface area is 64.2 Å². The van der Waals surface area contributed by atoms with Gasteiger partial charge in [0, 0.05) is 13.1 Å². The van der Waals surface area contributed by atoms with Crippen LogP contribution >= 0.6 is 0 Å². The van der Waals surface area contributed by atoms with E-state index in [1.807, 2.05) is 0 Å². The molecule has 0 saturated carbocycles. The van der Waals surface area contributed by atoms with Crippen molar-refractivity contribution in [2.75, 3.05) is 13.1 Å². The third-order valence-electron chi connectivity index (χ3n) is 2.29. The highest BCUT2D eigenvalue weighted by Crippen LogP contribution is 2.30. The minimum absolute atomic E-state index is 0.541. The minimum atomic E-state index is 0.541. The van der Waals surface area contributed by atoms with Crippen molar-refractivity contribution in [3.05, 3.63) is 0 Å². The molecule has 0 aromatic rings. The summed E-state index contributed by atoms with van der Waals surface area (Å²) in [6.45, 7) is 9.17. The molecule has 0 aromatic heterocycles. The van der Waals surface area contributed by atoms with Crippen molar-refractivity contribution < 1.29 is 0 Å². The fraction of sp³-hybridized carbons (Fsp3) is 1.00. The molecule has 0 aliphatic carbocycles. The Morgan fingerprint density at radius 3 is 2.80 bits per heavy atom. The molecule has 1 radical (unpaired) electrons. The highest BCUT2D eigenvalue weighted by Gasteiger charge is 2.23. The zero-order chi connectivity index (χ0) is 7.61. The van der Waals surface area contributed by atoms with Crippen molar-refractivity contribution in [3.63, 3.8) is 0 Å². The summed E-state index contributed by atoms with van der Waals surface area (Å²) < 4.78 is 0. The SMILES string of the molecule is CC1C[N]CCC(C)(C)C1. The van der Waals surface area contributed by atoms with Gasteiger partial charge in [-0.15, -0.1) is 0 Å². The number of rotatable bonds is 0. The van der Waals surface area contributed by atoms with E-state index in [9.17, 15) is 0 Å². The van der Waals surface area contributed by atoms with Crippen molar-refractivity contribution in [3.8, 4) is 0 Å². The molecule has 1 unspecified atom stereocenters. The third-order valence-corrected chi connectivity index (χ3v) is 2.29. The maximum atomic E-state index is 4.45. The number of hydrogen-bond donors (Lipinski definition) is 0. The van der Waals surface area contributed by atoms with E-state index in [0.717, 1.165) is 19.0 Å². The lowest BCUT2D eigenvalue weighted by Gasteiger charge is -2.23. The van der Waals surface area contributed by atoms with E-state index in [-0.39, 0.29) is 0 Å². The normalized spacial score (nSPS) is 33.3. The molecular formula is C9H18N. The Morgan fingerprint density at radius 1 is 1.40 bits per heavy atom. The smallest absolute Gasteiger partial charge is 0.0159 e. The topological polar surface area (TPSA) is 14.1 Å². The third kappa shape index (κ3) is 2.30. The van der Waals surface area contributed by atoms with Gasteiger partial charge in [-0.25, -0.2) is 5.32 Å². The first-order valence-corrected chi connectivity index (χ1v) is 4.23. The number of hydrogen-bond acceptors (Lipinski definition) is 0. The first kappa shape index (κ1) is 8.06. The predicted octanol–water partition coefficient (Wildman–Crippen LogP) is 2.05. The molecule has 0 bridgehead atoms. The number of nitrogens with zero attached hydrogens (tertiary/aromatic N) is 1. The molecule has 1 aliphatic rings. The average Bonchev–Trinajstić information content (AvgIpc) is 1.90. The van der Waals surface area contributed by atoms with Gasteiger partial charge in [0.25, 0.3) is 0 Å². The van der Waals surface area contributed by atoms with Crippen LogP contribution in [0.3, 0.4) is 0 Å². The lowest BCUT2D eigenvalue weighted by molar-refractivity contribution is 0.287. The largest absolute Gasteiger partial charge is 0.241 e. The fourth-order valence-corrected chi connectivity index (χ4v) is 1.80. The van der Waals surface area contributed by atoms with E-state index in [2.05, 4.69) is 26.1 Å². The second-order valence-corrected chi connectivity index (χ2v) is 4.35. The highest BCUT2D eigenvalue weighted by atomic mass is 14.9. The molecule has 1 heteroatoms. The van der Waals surface area contributed by atoms with Gasteiger partial charge in [0.1, 0.15) is 0 Å². The Morgan fingerprint density at radius 2 is 2.10 bits per heavy atom. The molecule has 10 heavy (non-hydrogen) atoms. The van der Waals surface area contributed by atoms with Gasteiger partial charge < -0.3 is 0 Å². The Kier molecular flexibility index (Phi) is 2.35. The van der Waals surface area contributed by atoms with Crippen LogP contribution in [0.1, 0.15) is 33.6 Å². The fourth-order valence-electron chi connectivity index (χ4n) is 1.80. The van der Waals surface area contributed by atoms with Crippen LogP contribution < -0.4 is 5.32 Å². The van der Waals surface area contributed by atoms with Gasteiger partial charge in [-0.2, -0.15) is 0 Å².